The Kier molecular flexibility index (Phi) is 3.64. The van der Waals surface area contributed by atoms with E-state index in [9.17, 15) is 10.1 Å². The molecule has 21 heavy (non-hydrogen) atoms. The van der Waals surface area contributed by atoms with Crippen LogP contribution in [0.3, 0.4) is 0 Å². The minimum Gasteiger partial charge on any atom is -0.262 e. The van der Waals surface area contributed by atoms with Crippen LogP contribution in [0.5, 0.6) is 0 Å². The summed E-state index contributed by atoms with van der Waals surface area (Å²) in [6.45, 7) is 2.24. The highest BCUT2D eigenvalue weighted by Crippen LogP contribution is 2.34. The number of nitrogens with zero attached hydrogens (tertiary/aromatic N) is 5. The van der Waals surface area contributed by atoms with Crippen molar-refractivity contribution in [3.8, 4) is 11.4 Å². The van der Waals surface area contributed by atoms with Crippen LogP contribution in [0.2, 0.25) is 0 Å². The van der Waals surface area contributed by atoms with Crippen LogP contribution in [0.25, 0.3) is 11.4 Å². The van der Waals surface area contributed by atoms with E-state index >= 15 is 0 Å². The number of hydrogen-bond donors (Lipinski definition) is 0. The Bertz CT molecular complexity index is 632. The van der Waals surface area contributed by atoms with Gasteiger partial charge in [0.25, 0.3) is 0 Å². The van der Waals surface area contributed by atoms with Crippen LogP contribution in [0.15, 0.2) is 24.8 Å². The lowest BCUT2D eigenvalue weighted by Crippen LogP contribution is -2.17. The highest BCUT2D eigenvalue weighted by molar-refractivity contribution is 5.64. The molecule has 1 aliphatic rings. The summed E-state index contributed by atoms with van der Waals surface area (Å²) in [6, 6.07) is 0.241. The molecule has 0 aromatic carbocycles. The summed E-state index contributed by atoms with van der Waals surface area (Å²) in [4.78, 5) is 18.9. The van der Waals surface area contributed by atoms with Gasteiger partial charge in [-0.3, -0.25) is 24.8 Å². The van der Waals surface area contributed by atoms with Gasteiger partial charge in [0.05, 0.1) is 17.2 Å². The van der Waals surface area contributed by atoms with Crippen LogP contribution < -0.4 is 0 Å². The zero-order chi connectivity index (χ0) is 14.8. The second-order valence-electron chi connectivity index (χ2n) is 5.60. The van der Waals surface area contributed by atoms with Gasteiger partial charge in [0.1, 0.15) is 11.9 Å². The second-order valence-corrected chi connectivity index (χ2v) is 5.60. The summed E-state index contributed by atoms with van der Waals surface area (Å²) >= 11 is 0. The predicted molar refractivity (Wildman–Crippen MR) is 76.6 cm³/mol. The van der Waals surface area contributed by atoms with Crippen LogP contribution in [0.4, 0.5) is 5.69 Å². The molecule has 0 amide bonds. The fourth-order valence-electron chi connectivity index (χ4n) is 2.81. The van der Waals surface area contributed by atoms with Crippen LogP contribution >= 0.6 is 0 Å². The minimum atomic E-state index is -0.404. The molecular weight excluding hydrogens is 270 g/mol. The Labute approximate surface area is 122 Å². The summed E-state index contributed by atoms with van der Waals surface area (Å²) in [6.07, 6.45) is 10.4. The van der Waals surface area contributed by atoms with Crippen molar-refractivity contribution in [2.75, 3.05) is 0 Å². The van der Waals surface area contributed by atoms with Gasteiger partial charge in [0, 0.05) is 12.4 Å². The molecule has 3 rings (SSSR count). The van der Waals surface area contributed by atoms with E-state index in [-0.39, 0.29) is 11.7 Å². The number of hydrogen-bond acceptors (Lipinski definition) is 5. The molecule has 0 N–H and O–H groups in total. The molecule has 0 unspecified atom stereocenters. The second kappa shape index (κ2) is 5.59. The largest absolute Gasteiger partial charge is 0.316 e. The van der Waals surface area contributed by atoms with Gasteiger partial charge in [-0.15, -0.1) is 0 Å². The van der Waals surface area contributed by atoms with Gasteiger partial charge in [0.15, 0.2) is 5.69 Å². The Morgan fingerprint density at radius 3 is 2.67 bits per heavy atom. The van der Waals surface area contributed by atoms with E-state index in [0.717, 1.165) is 31.6 Å². The van der Waals surface area contributed by atoms with Crippen molar-refractivity contribution in [1.82, 2.24) is 19.7 Å². The van der Waals surface area contributed by atoms with Gasteiger partial charge in [-0.25, -0.2) is 0 Å². The fraction of sp³-hybridized carbons (Fsp3) is 0.500. The van der Waals surface area contributed by atoms with Gasteiger partial charge in [-0.05, 0) is 31.6 Å². The van der Waals surface area contributed by atoms with Gasteiger partial charge >= 0.3 is 5.69 Å². The quantitative estimate of drug-likeness (QED) is 0.639. The Morgan fingerprint density at radius 2 is 2.05 bits per heavy atom. The first-order valence-electron chi connectivity index (χ1n) is 7.15. The molecule has 2 aromatic rings. The van der Waals surface area contributed by atoms with E-state index in [1.54, 1.807) is 4.68 Å². The highest BCUT2D eigenvalue weighted by atomic mass is 16.6. The van der Waals surface area contributed by atoms with E-state index in [2.05, 4.69) is 22.0 Å². The monoisotopic (exact) mass is 287 g/mol. The molecule has 1 fully saturated rings. The lowest BCUT2D eigenvalue weighted by atomic mass is 9.87. The van der Waals surface area contributed by atoms with Crippen molar-refractivity contribution in [2.45, 2.75) is 38.6 Å². The summed E-state index contributed by atoms with van der Waals surface area (Å²) in [5.74, 6) is 0.728. The smallest absolute Gasteiger partial charge is 0.262 e. The van der Waals surface area contributed by atoms with Crippen LogP contribution in [0.1, 0.15) is 38.6 Å². The molecule has 7 nitrogen and oxygen atoms in total. The first-order valence-corrected chi connectivity index (χ1v) is 7.15. The van der Waals surface area contributed by atoms with Crippen molar-refractivity contribution in [3.63, 3.8) is 0 Å². The van der Waals surface area contributed by atoms with Gasteiger partial charge < -0.3 is 0 Å². The first kappa shape index (κ1) is 13.7. The Morgan fingerprint density at radius 1 is 1.29 bits per heavy atom. The Balaban J connectivity index is 1.95. The molecule has 2 heterocycles. The lowest BCUT2D eigenvalue weighted by molar-refractivity contribution is -0.384. The minimum absolute atomic E-state index is 0.00544. The fourth-order valence-corrected chi connectivity index (χ4v) is 2.81. The van der Waals surface area contributed by atoms with Crippen molar-refractivity contribution in [2.24, 2.45) is 5.92 Å². The molecule has 0 saturated heterocycles. The van der Waals surface area contributed by atoms with Gasteiger partial charge in [-0.2, -0.15) is 5.10 Å². The van der Waals surface area contributed by atoms with Crippen molar-refractivity contribution in [1.29, 1.82) is 0 Å². The molecule has 110 valence electrons. The highest BCUT2D eigenvalue weighted by Gasteiger charge is 2.27. The van der Waals surface area contributed by atoms with Crippen molar-refractivity contribution in [3.05, 3.63) is 34.9 Å². The van der Waals surface area contributed by atoms with E-state index in [0.29, 0.717) is 11.4 Å². The standard InChI is InChI=1S/C14H17N5O2/c1-10-2-4-11(5-3-10)18-9-13(19(20)21)14(17-18)12-8-15-6-7-16-12/h6-11H,2-5H2,1H3/t10-,11+. The summed E-state index contributed by atoms with van der Waals surface area (Å²) in [5.41, 5.74) is 0.730. The normalized spacial score (nSPS) is 22.1. The maximum atomic E-state index is 11.2. The maximum Gasteiger partial charge on any atom is 0.316 e. The third kappa shape index (κ3) is 2.76. The number of nitro groups is 1. The SMILES string of the molecule is C[C@H]1CC[C@@H](n2cc([N+](=O)[O-])c(-c3cnccn3)n2)CC1. The molecule has 1 aliphatic carbocycles. The molecule has 0 spiro atoms. The molecular formula is C14H17N5O2. The zero-order valence-electron chi connectivity index (χ0n) is 11.8. The average Bonchev–Trinajstić information content (AvgIpc) is 2.94. The average molecular weight is 287 g/mol. The van der Waals surface area contributed by atoms with Crippen molar-refractivity contribution < 1.29 is 4.92 Å². The molecule has 0 atom stereocenters. The topological polar surface area (TPSA) is 86.7 Å². The van der Waals surface area contributed by atoms with Crippen LogP contribution in [-0.4, -0.2) is 24.7 Å². The van der Waals surface area contributed by atoms with E-state index in [1.165, 1.54) is 24.8 Å². The maximum absolute atomic E-state index is 11.2. The van der Waals surface area contributed by atoms with E-state index in [1.807, 2.05) is 0 Å². The van der Waals surface area contributed by atoms with Gasteiger partial charge in [-0.1, -0.05) is 6.92 Å². The lowest BCUT2D eigenvalue weighted by Gasteiger charge is -2.26. The first-order chi connectivity index (χ1) is 10.1. The van der Waals surface area contributed by atoms with Crippen molar-refractivity contribution >= 4 is 5.69 Å². The summed E-state index contributed by atoms with van der Waals surface area (Å²) < 4.78 is 1.74. The van der Waals surface area contributed by atoms with Gasteiger partial charge in [0.2, 0.25) is 0 Å². The number of aromatic nitrogens is 4. The zero-order valence-corrected chi connectivity index (χ0v) is 11.8. The molecule has 2 aromatic heterocycles. The third-order valence-corrected chi connectivity index (χ3v) is 4.07. The Hall–Kier alpha value is -2.31. The predicted octanol–water partition coefficient (Wildman–Crippen LogP) is 3.00. The number of rotatable bonds is 3. The van der Waals surface area contributed by atoms with E-state index < -0.39 is 4.92 Å². The van der Waals surface area contributed by atoms with Crippen LogP contribution in [0, 0.1) is 16.0 Å². The summed E-state index contributed by atoms with van der Waals surface area (Å²) in [7, 11) is 0. The molecule has 0 aliphatic heterocycles. The molecule has 0 radical (unpaired) electrons. The summed E-state index contributed by atoms with van der Waals surface area (Å²) in [5, 5.41) is 15.7. The third-order valence-electron chi connectivity index (χ3n) is 4.07. The molecule has 0 bridgehead atoms. The molecule has 1 saturated carbocycles. The van der Waals surface area contributed by atoms with E-state index in [4.69, 9.17) is 0 Å². The molecule has 7 heteroatoms. The van der Waals surface area contributed by atoms with Crippen LogP contribution in [-0.2, 0) is 0 Å².